The molecule has 148 valence electrons. The number of carbonyl (C=O) groups excluding carboxylic acids is 1. The molecule has 4 N–H and O–H groups in total. The van der Waals surface area contributed by atoms with E-state index >= 15 is 0 Å². The molecule has 1 amide bonds. The molecule has 1 aromatic carbocycles. The Hall–Kier alpha value is -3.01. The van der Waals surface area contributed by atoms with E-state index in [2.05, 4.69) is 37.6 Å². The lowest BCUT2D eigenvalue weighted by atomic mass is 10.0. The van der Waals surface area contributed by atoms with Gasteiger partial charge in [-0.3, -0.25) is 4.79 Å². The highest BCUT2D eigenvalue weighted by Crippen LogP contribution is 2.30. The molecule has 5 rings (SSSR count). The zero-order chi connectivity index (χ0) is 20.0. The van der Waals surface area contributed by atoms with Crippen LogP contribution in [0, 0.1) is 0 Å². The Kier molecular flexibility index (Phi) is 4.42. The van der Waals surface area contributed by atoms with E-state index in [1.54, 1.807) is 17.4 Å². The first kappa shape index (κ1) is 18.0. The quantitative estimate of drug-likeness (QED) is 0.399. The van der Waals surface area contributed by atoms with Crippen LogP contribution in [-0.4, -0.2) is 46.7 Å². The molecule has 1 saturated heterocycles. The molecule has 29 heavy (non-hydrogen) atoms. The summed E-state index contributed by atoms with van der Waals surface area (Å²) in [5.74, 6) is -0.154. The first-order valence-electron chi connectivity index (χ1n) is 9.42. The van der Waals surface area contributed by atoms with Gasteiger partial charge in [-0.05, 0) is 41.8 Å². The van der Waals surface area contributed by atoms with Crippen LogP contribution < -0.4 is 21.6 Å². The molecule has 1 fully saturated rings. The molecule has 0 spiro atoms. The summed E-state index contributed by atoms with van der Waals surface area (Å²) in [7, 11) is 1.92. The Labute approximate surface area is 169 Å². The predicted molar refractivity (Wildman–Crippen MR) is 114 cm³/mol. The van der Waals surface area contributed by atoms with E-state index in [0.717, 1.165) is 36.1 Å². The number of aromatic amines is 1. The van der Waals surface area contributed by atoms with Gasteiger partial charge in [0.1, 0.15) is 0 Å². The first-order valence-corrected chi connectivity index (χ1v) is 10.3. The largest absolute Gasteiger partial charge is 0.348 e. The summed E-state index contributed by atoms with van der Waals surface area (Å²) < 4.78 is 1.52. The van der Waals surface area contributed by atoms with E-state index in [0.29, 0.717) is 16.7 Å². The average Bonchev–Trinajstić information content (AvgIpc) is 3.31. The highest BCUT2D eigenvalue weighted by Gasteiger charge is 2.22. The highest BCUT2D eigenvalue weighted by atomic mass is 32.1. The number of amides is 1. The van der Waals surface area contributed by atoms with Crippen molar-refractivity contribution < 1.29 is 4.79 Å². The molecule has 0 radical (unpaired) electrons. The fourth-order valence-electron chi connectivity index (χ4n) is 3.61. The maximum atomic E-state index is 12.9. The number of hydrogen-bond acceptors (Lipinski definition) is 6. The summed E-state index contributed by atoms with van der Waals surface area (Å²) >= 11 is 1.69. The third kappa shape index (κ3) is 3.13. The fraction of sp³-hybridized carbons (Fsp3) is 0.250. The Balaban J connectivity index is 1.66. The minimum absolute atomic E-state index is 0.130. The summed E-state index contributed by atoms with van der Waals surface area (Å²) in [5, 5.41) is 18.7. The monoisotopic (exact) mass is 408 g/mol. The maximum Gasteiger partial charge on any atom is 0.348 e. The number of aromatic nitrogens is 3. The third-order valence-corrected chi connectivity index (χ3v) is 6.14. The molecule has 0 saturated carbocycles. The van der Waals surface area contributed by atoms with Crippen LogP contribution in [-0.2, 0) is 6.54 Å². The zero-order valence-corrected chi connectivity index (χ0v) is 16.6. The molecule has 0 bridgehead atoms. The van der Waals surface area contributed by atoms with E-state index in [1.165, 1.54) is 9.28 Å². The van der Waals surface area contributed by atoms with Crippen molar-refractivity contribution in [3.63, 3.8) is 0 Å². The average molecular weight is 408 g/mol. The van der Waals surface area contributed by atoms with E-state index in [4.69, 9.17) is 0 Å². The Morgan fingerprint density at radius 1 is 1.28 bits per heavy atom. The van der Waals surface area contributed by atoms with Gasteiger partial charge >= 0.3 is 5.69 Å². The van der Waals surface area contributed by atoms with Crippen LogP contribution in [0.25, 0.3) is 27.7 Å². The van der Waals surface area contributed by atoms with Crippen molar-refractivity contribution in [2.45, 2.75) is 12.6 Å². The molecular formula is C20H20N6O2S. The number of H-pyrrole nitrogens is 1. The van der Waals surface area contributed by atoms with Crippen LogP contribution in [0.1, 0.15) is 15.2 Å². The normalized spacial score (nSPS) is 14.4. The summed E-state index contributed by atoms with van der Waals surface area (Å²) in [4.78, 5) is 26.5. The van der Waals surface area contributed by atoms with Crippen LogP contribution in [0.5, 0.6) is 0 Å². The fourth-order valence-corrected chi connectivity index (χ4v) is 4.52. The van der Waals surface area contributed by atoms with Crippen molar-refractivity contribution in [3.05, 3.63) is 56.6 Å². The number of benzene rings is 1. The molecule has 1 aliphatic heterocycles. The Morgan fingerprint density at radius 2 is 2.14 bits per heavy atom. The Morgan fingerprint density at radius 3 is 2.90 bits per heavy atom. The van der Waals surface area contributed by atoms with Crippen molar-refractivity contribution in [2.75, 3.05) is 20.1 Å². The molecule has 4 aromatic rings. The van der Waals surface area contributed by atoms with Crippen LogP contribution in [0.2, 0.25) is 0 Å². The van der Waals surface area contributed by atoms with Crippen LogP contribution in [0.4, 0.5) is 0 Å². The van der Waals surface area contributed by atoms with Crippen molar-refractivity contribution in [1.82, 2.24) is 30.5 Å². The maximum absolute atomic E-state index is 12.9. The number of pyridine rings is 1. The molecular weight excluding hydrogens is 388 g/mol. The van der Waals surface area contributed by atoms with Crippen LogP contribution in [0.3, 0.4) is 0 Å². The van der Waals surface area contributed by atoms with Crippen molar-refractivity contribution in [1.29, 1.82) is 0 Å². The molecule has 4 heterocycles. The van der Waals surface area contributed by atoms with Gasteiger partial charge in [0.15, 0.2) is 5.65 Å². The third-order valence-electron chi connectivity index (χ3n) is 5.20. The van der Waals surface area contributed by atoms with E-state index in [1.807, 2.05) is 25.2 Å². The van der Waals surface area contributed by atoms with Gasteiger partial charge in [0.25, 0.3) is 5.91 Å². The standard InChI is InChI=1S/C20H20N6O2S/c1-21-9-14-4-12(10-29-14)11-2-3-15-16(19(27)23-13-7-22-8-13)6-18-24-25-20(28)26(18)17(15)5-11/h2-6,10,13,21-22H,7-9H2,1H3,(H,23,27)(H,25,28). The van der Waals surface area contributed by atoms with Crippen molar-refractivity contribution >= 4 is 33.8 Å². The number of fused-ring (bicyclic) bond motifs is 3. The van der Waals surface area contributed by atoms with Crippen molar-refractivity contribution in [2.24, 2.45) is 0 Å². The molecule has 0 aliphatic carbocycles. The van der Waals surface area contributed by atoms with E-state index in [-0.39, 0.29) is 17.6 Å². The lowest BCUT2D eigenvalue weighted by Crippen LogP contribution is -2.56. The highest BCUT2D eigenvalue weighted by molar-refractivity contribution is 7.10. The zero-order valence-electron chi connectivity index (χ0n) is 15.8. The smallest absolute Gasteiger partial charge is 0.347 e. The molecule has 0 unspecified atom stereocenters. The number of nitrogens with zero attached hydrogens (tertiary/aromatic N) is 2. The van der Waals surface area contributed by atoms with E-state index < -0.39 is 0 Å². The van der Waals surface area contributed by atoms with Gasteiger partial charge < -0.3 is 16.0 Å². The summed E-state index contributed by atoms with van der Waals surface area (Å²) in [6.45, 7) is 2.35. The molecule has 8 nitrogen and oxygen atoms in total. The lowest BCUT2D eigenvalue weighted by Gasteiger charge is -2.28. The lowest BCUT2D eigenvalue weighted by molar-refractivity contribution is 0.0925. The van der Waals surface area contributed by atoms with Gasteiger partial charge in [0, 0.05) is 29.9 Å². The predicted octanol–water partition coefficient (Wildman–Crippen LogP) is 1.33. The van der Waals surface area contributed by atoms with Crippen LogP contribution in [0.15, 0.2) is 40.5 Å². The van der Waals surface area contributed by atoms with Crippen LogP contribution >= 0.6 is 11.3 Å². The van der Waals surface area contributed by atoms with Gasteiger partial charge in [-0.1, -0.05) is 12.1 Å². The number of carbonyl (C=O) groups is 1. The first-order chi connectivity index (χ1) is 14.1. The van der Waals surface area contributed by atoms with Gasteiger partial charge in [0.2, 0.25) is 0 Å². The number of hydrogen-bond donors (Lipinski definition) is 4. The molecule has 9 heteroatoms. The second kappa shape index (κ2) is 7.11. The summed E-state index contributed by atoms with van der Waals surface area (Å²) in [5.41, 5.74) is 3.37. The summed E-state index contributed by atoms with van der Waals surface area (Å²) in [6, 6.07) is 9.78. The molecule has 3 aromatic heterocycles. The van der Waals surface area contributed by atoms with E-state index in [9.17, 15) is 9.59 Å². The minimum atomic E-state index is -0.321. The Bertz CT molecular complexity index is 1280. The van der Waals surface area contributed by atoms with Crippen molar-refractivity contribution in [3.8, 4) is 11.1 Å². The molecule has 1 aliphatic rings. The van der Waals surface area contributed by atoms with Gasteiger partial charge in [0.05, 0.1) is 17.1 Å². The summed E-state index contributed by atoms with van der Waals surface area (Å²) in [6.07, 6.45) is 0. The van der Waals surface area contributed by atoms with Gasteiger partial charge in [-0.15, -0.1) is 11.3 Å². The van der Waals surface area contributed by atoms with Gasteiger partial charge in [-0.25, -0.2) is 14.3 Å². The number of nitrogens with one attached hydrogen (secondary N) is 4. The van der Waals surface area contributed by atoms with Gasteiger partial charge in [-0.2, -0.15) is 5.10 Å². The SMILES string of the molecule is CNCc1cc(-c2ccc3c(C(=O)NC4CNC4)cc4n[nH]c(=O)n4c3c2)cs1. The topological polar surface area (TPSA) is 103 Å². The second-order valence-corrected chi connectivity index (χ2v) is 8.17. The number of rotatable bonds is 5. The number of thiophene rings is 1. The minimum Gasteiger partial charge on any atom is -0.347 e. The molecule has 0 atom stereocenters. The second-order valence-electron chi connectivity index (χ2n) is 7.17.